The number of nitrogens with one attached hydrogen (secondary N) is 1. The highest BCUT2D eigenvalue weighted by atomic mass is 15.4. The summed E-state index contributed by atoms with van der Waals surface area (Å²) < 4.78 is 1.90. The topological polar surface area (TPSA) is 46.0 Å². The minimum absolute atomic E-state index is 0.00882. The molecule has 1 aromatic heterocycles. The van der Waals surface area contributed by atoms with E-state index >= 15 is 0 Å². The molecule has 0 unspecified atom stereocenters. The molecule has 1 rings (SSSR count). The summed E-state index contributed by atoms with van der Waals surface area (Å²) in [5.74, 6) is 0. The van der Waals surface area contributed by atoms with Crippen LogP contribution < -0.4 is 5.32 Å². The van der Waals surface area contributed by atoms with Crippen LogP contribution in [0, 0.1) is 0 Å². The van der Waals surface area contributed by atoms with E-state index in [1.165, 1.54) is 0 Å². The van der Waals surface area contributed by atoms with Crippen molar-refractivity contribution in [2.75, 3.05) is 27.2 Å². The van der Waals surface area contributed by atoms with Gasteiger partial charge in [0.1, 0.15) is 0 Å². The third kappa shape index (κ3) is 4.28. The van der Waals surface area contributed by atoms with Crippen LogP contribution in [-0.2, 0) is 12.1 Å². The van der Waals surface area contributed by atoms with Crippen molar-refractivity contribution in [3.8, 4) is 0 Å². The fourth-order valence-corrected chi connectivity index (χ4v) is 1.23. The van der Waals surface area contributed by atoms with E-state index in [1.807, 2.05) is 10.9 Å². The van der Waals surface area contributed by atoms with Gasteiger partial charge in [-0.15, -0.1) is 5.10 Å². The summed E-state index contributed by atoms with van der Waals surface area (Å²) in [6.07, 6.45) is 2.00. The normalized spacial score (nSPS) is 12.4. The molecule has 0 saturated carbocycles. The highest BCUT2D eigenvalue weighted by molar-refractivity contribution is 4.93. The summed E-state index contributed by atoms with van der Waals surface area (Å²) in [5.41, 5.74) is 1.00. The first-order chi connectivity index (χ1) is 7.39. The van der Waals surface area contributed by atoms with Crippen molar-refractivity contribution >= 4 is 0 Å². The monoisotopic (exact) mass is 225 g/mol. The quantitative estimate of drug-likeness (QED) is 0.749. The van der Waals surface area contributed by atoms with Gasteiger partial charge in [-0.3, -0.25) is 0 Å². The zero-order chi connectivity index (χ0) is 12.2. The average Bonchev–Trinajstić information content (AvgIpc) is 2.59. The molecule has 5 nitrogen and oxygen atoms in total. The average molecular weight is 225 g/mol. The SMILES string of the molecule is CN(C)CCNCc1cn(C(C)(C)C)nn1. The fraction of sp³-hybridized carbons (Fsp3) is 0.818. The van der Waals surface area contributed by atoms with Crippen molar-refractivity contribution < 1.29 is 0 Å². The van der Waals surface area contributed by atoms with Gasteiger partial charge in [0, 0.05) is 19.6 Å². The van der Waals surface area contributed by atoms with E-state index in [-0.39, 0.29) is 5.54 Å². The van der Waals surface area contributed by atoms with Crippen LogP contribution in [0.15, 0.2) is 6.20 Å². The van der Waals surface area contributed by atoms with E-state index in [4.69, 9.17) is 0 Å². The lowest BCUT2D eigenvalue weighted by Gasteiger charge is -2.17. The smallest absolute Gasteiger partial charge is 0.0965 e. The number of nitrogens with zero attached hydrogens (tertiary/aromatic N) is 4. The highest BCUT2D eigenvalue weighted by Gasteiger charge is 2.14. The van der Waals surface area contributed by atoms with Gasteiger partial charge in [-0.25, -0.2) is 4.68 Å². The molecule has 0 atom stereocenters. The number of hydrogen-bond acceptors (Lipinski definition) is 4. The Bertz CT molecular complexity index is 310. The summed E-state index contributed by atoms with van der Waals surface area (Å²) in [6.45, 7) is 9.13. The third-order valence-electron chi connectivity index (χ3n) is 2.27. The Morgan fingerprint density at radius 1 is 1.38 bits per heavy atom. The second-order valence-electron chi connectivity index (χ2n) is 5.31. The lowest BCUT2D eigenvalue weighted by Crippen LogP contribution is -2.26. The summed E-state index contributed by atoms with van der Waals surface area (Å²) in [5, 5.41) is 11.6. The van der Waals surface area contributed by atoms with Gasteiger partial charge in [0.2, 0.25) is 0 Å². The molecule has 1 N–H and O–H groups in total. The zero-order valence-electron chi connectivity index (χ0n) is 11.0. The van der Waals surface area contributed by atoms with Gasteiger partial charge < -0.3 is 10.2 Å². The van der Waals surface area contributed by atoms with Gasteiger partial charge in [0.15, 0.2) is 0 Å². The molecular formula is C11H23N5. The van der Waals surface area contributed by atoms with Gasteiger partial charge in [0.25, 0.3) is 0 Å². The molecule has 0 aromatic carbocycles. The van der Waals surface area contributed by atoms with Gasteiger partial charge >= 0.3 is 0 Å². The first-order valence-corrected chi connectivity index (χ1v) is 5.67. The Labute approximate surface area is 97.8 Å². The van der Waals surface area contributed by atoms with Crippen molar-refractivity contribution in [3.05, 3.63) is 11.9 Å². The van der Waals surface area contributed by atoms with E-state index in [2.05, 4.69) is 55.4 Å². The van der Waals surface area contributed by atoms with Crippen LogP contribution in [0.3, 0.4) is 0 Å². The predicted molar refractivity (Wildman–Crippen MR) is 65.3 cm³/mol. The second kappa shape index (κ2) is 5.41. The maximum atomic E-state index is 4.14. The molecule has 0 spiro atoms. The summed E-state index contributed by atoms with van der Waals surface area (Å²) in [7, 11) is 4.13. The zero-order valence-corrected chi connectivity index (χ0v) is 11.0. The largest absolute Gasteiger partial charge is 0.310 e. The number of hydrogen-bond donors (Lipinski definition) is 1. The van der Waals surface area contributed by atoms with Crippen molar-refractivity contribution in [2.24, 2.45) is 0 Å². The summed E-state index contributed by atoms with van der Waals surface area (Å²) >= 11 is 0. The van der Waals surface area contributed by atoms with Crippen LogP contribution in [-0.4, -0.2) is 47.1 Å². The van der Waals surface area contributed by atoms with Crippen LogP contribution in [0.2, 0.25) is 0 Å². The molecule has 5 heteroatoms. The Balaban J connectivity index is 2.36. The molecule has 0 bridgehead atoms. The lowest BCUT2D eigenvalue weighted by molar-refractivity contribution is 0.347. The number of aromatic nitrogens is 3. The molecule has 0 aliphatic carbocycles. The second-order valence-corrected chi connectivity index (χ2v) is 5.31. The molecule has 1 heterocycles. The molecular weight excluding hydrogens is 202 g/mol. The summed E-state index contributed by atoms with van der Waals surface area (Å²) in [6, 6.07) is 0. The minimum atomic E-state index is 0.00882. The van der Waals surface area contributed by atoms with Gasteiger partial charge in [-0.1, -0.05) is 5.21 Å². The van der Waals surface area contributed by atoms with Crippen molar-refractivity contribution in [3.63, 3.8) is 0 Å². The molecule has 0 fully saturated rings. The van der Waals surface area contributed by atoms with E-state index in [0.29, 0.717) is 0 Å². The van der Waals surface area contributed by atoms with Crippen LogP contribution in [0.1, 0.15) is 26.5 Å². The number of likely N-dealkylation sites (N-methyl/N-ethyl adjacent to an activating group) is 1. The fourth-order valence-electron chi connectivity index (χ4n) is 1.23. The highest BCUT2D eigenvalue weighted by Crippen LogP contribution is 2.11. The standard InChI is InChI=1S/C11H23N5/c1-11(2,3)16-9-10(13-14-16)8-12-6-7-15(4)5/h9,12H,6-8H2,1-5H3. The van der Waals surface area contributed by atoms with Crippen LogP contribution in [0.25, 0.3) is 0 Å². The molecule has 0 aliphatic heterocycles. The Hall–Kier alpha value is -0.940. The van der Waals surface area contributed by atoms with Crippen LogP contribution >= 0.6 is 0 Å². The maximum Gasteiger partial charge on any atom is 0.0965 e. The summed E-state index contributed by atoms with van der Waals surface area (Å²) in [4.78, 5) is 2.15. The first-order valence-electron chi connectivity index (χ1n) is 5.67. The predicted octanol–water partition coefficient (Wildman–Crippen LogP) is 0.684. The molecule has 0 radical (unpaired) electrons. The Kier molecular flexibility index (Phi) is 4.44. The van der Waals surface area contributed by atoms with E-state index < -0.39 is 0 Å². The maximum absolute atomic E-state index is 4.14. The van der Waals surface area contributed by atoms with Crippen molar-refractivity contribution in [2.45, 2.75) is 32.9 Å². The molecule has 16 heavy (non-hydrogen) atoms. The first kappa shape index (κ1) is 13.1. The Morgan fingerprint density at radius 3 is 2.56 bits per heavy atom. The van der Waals surface area contributed by atoms with Gasteiger partial charge in [-0.05, 0) is 34.9 Å². The van der Waals surface area contributed by atoms with Crippen LogP contribution in [0.5, 0.6) is 0 Å². The van der Waals surface area contributed by atoms with Gasteiger partial charge in [0.05, 0.1) is 17.4 Å². The lowest BCUT2D eigenvalue weighted by atomic mass is 10.1. The minimum Gasteiger partial charge on any atom is -0.310 e. The van der Waals surface area contributed by atoms with Gasteiger partial charge in [-0.2, -0.15) is 0 Å². The van der Waals surface area contributed by atoms with Crippen LogP contribution in [0.4, 0.5) is 0 Å². The van der Waals surface area contributed by atoms with E-state index in [9.17, 15) is 0 Å². The molecule has 1 aromatic rings. The van der Waals surface area contributed by atoms with E-state index in [0.717, 1.165) is 25.3 Å². The molecule has 92 valence electrons. The van der Waals surface area contributed by atoms with Crippen molar-refractivity contribution in [1.29, 1.82) is 0 Å². The van der Waals surface area contributed by atoms with E-state index in [1.54, 1.807) is 0 Å². The molecule has 0 saturated heterocycles. The third-order valence-corrected chi connectivity index (χ3v) is 2.27. The molecule has 0 amide bonds. The Morgan fingerprint density at radius 2 is 2.06 bits per heavy atom. The number of rotatable bonds is 5. The van der Waals surface area contributed by atoms with Crippen molar-refractivity contribution in [1.82, 2.24) is 25.2 Å². The molecule has 0 aliphatic rings.